The lowest BCUT2D eigenvalue weighted by Crippen LogP contribution is -2.38. The minimum Gasteiger partial charge on any atom is -0.346 e. The smallest absolute Gasteiger partial charge is 0.208 e. The van der Waals surface area contributed by atoms with E-state index in [1.807, 2.05) is 0 Å². The minimum atomic E-state index is -0.343. The molecule has 0 saturated carbocycles. The first-order valence-corrected chi connectivity index (χ1v) is 10.0. The zero-order valence-corrected chi connectivity index (χ0v) is 16.0. The normalized spacial score (nSPS) is 16.9. The largest absolute Gasteiger partial charge is 0.346 e. The lowest BCUT2D eigenvalue weighted by Gasteiger charge is -2.31. The monoisotopic (exact) mass is 399 g/mol. The second-order valence-electron chi connectivity index (χ2n) is 6.94. The molecule has 2 aromatic carbocycles. The number of hydrogen-bond donors (Lipinski definition) is 0. The third-order valence-electron chi connectivity index (χ3n) is 4.92. The average Bonchev–Trinajstić information content (AvgIpc) is 3.18. The van der Waals surface area contributed by atoms with E-state index in [1.54, 1.807) is 24.3 Å². The van der Waals surface area contributed by atoms with Crippen molar-refractivity contribution in [1.82, 2.24) is 10.2 Å². The lowest BCUT2D eigenvalue weighted by atomic mass is 9.90. The Morgan fingerprint density at radius 1 is 1.04 bits per heavy atom. The minimum absolute atomic E-state index is 0.0424. The second-order valence-corrected chi connectivity index (χ2v) is 7.98. The molecule has 144 valence electrons. The molecule has 1 aliphatic rings. The highest BCUT2D eigenvalue weighted by atomic mass is 32.1. The Morgan fingerprint density at radius 2 is 1.71 bits per heavy atom. The zero-order chi connectivity index (χ0) is 19.5. The number of halogens is 2. The van der Waals surface area contributed by atoms with Gasteiger partial charge in [-0.1, -0.05) is 23.5 Å². The van der Waals surface area contributed by atoms with Crippen LogP contribution in [-0.2, 0) is 6.42 Å². The molecule has 0 amide bonds. The van der Waals surface area contributed by atoms with Gasteiger partial charge in [-0.05, 0) is 54.8 Å². The molecule has 1 saturated heterocycles. The third kappa shape index (κ3) is 4.25. The van der Waals surface area contributed by atoms with Gasteiger partial charge in [0.05, 0.1) is 0 Å². The summed E-state index contributed by atoms with van der Waals surface area (Å²) >= 11 is 1.50. The Hall–Kier alpha value is -2.67. The molecule has 1 fully saturated rings. The molecule has 0 bridgehead atoms. The number of carbonyl (C=O) groups excluding carboxylic acids is 1. The van der Waals surface area contributed by atoms with Crippen molar-refractivity contribution in [1.29, 1.82) is 0 Å². The molecule has 28 heavy (non-hydrogen) atoms. The van der Waals surface area contributed by atoms with E-state index < -0.39 is 0 Å². The lowest BCUT2D eigenvalue weighted by molar-refractivity contribution is 0.0907. The van der Waals surface area contributed by atoms with Crippen molar-refractivity contribution in [3.8, 4) is 0 Å². The Morgan fingerprint density at radius 3 is 2.43 bits per heavy atom. The quantitative estimate of drug-likeness (QED) is 0.593. The van der Waals surface area contributed by atoms with Gasteiger partial charge in [0, 0.05) is 31.0 Å². The first-order valence-electron chi connectivity index (χ1n) is 9.20. The maximum absolute atomic E-state index is 13.1. The van der Waals surface area contributed by atoms with Crippen LogP contribution in [0.25, 0.3) is 0 Å². The summed E-state index contributed by atoms with van der Waals surface area (Å²) in [6, 6.07) is 12.1. The summed E-state index contributed by atoms with van der Waals surface area (Å²) in [7, 11) is 0. The zero-order valence-electron chi connectivity index (χ0n) is 15.1. The topological polar surface area (TPSA) is 46.1 Å². The fourth-order valence-corrected chi connectivity index (χ4v) is 4.34. The molecule has 1 unspecified atom stereocenters. The SMILES string of the molecule is O=C(c1ccc(F)cc1)C1CCCN(c2nnc(Cc3ccc(F)cc3)s2)C1. The Labute approximate surface area is 165 Å². The molecule has 4 nitrogen and oxygen atoms in total. The molecule has 7 heteroatoms. The van der Waals surface area contributed by atoms with E-state index in [9.17, 15) is 13.6 Å². The number of piperidine rings is 1. The van der Waals surface area contributed by atoms with Gasteiger partial charge in [-0.15, -0.1) is 10.2 Å². The van der Waals surface area contributed by atoms with E-state index in [1.165, 1.54) is 35.6 Å². The Kier molecular flexibility index (Phi) is 5.43. The van der Waals surface area contributed by atoms with Crippen LogP contribution in [-0.4, -0.2) is 29.1 Å². The number of nitrogens with zero attached hydrogens (tertiary/aromatic N) is 3. The summed E-state index contributed by atoms with van der Waals surface area (Å²) in [4.78, 5) is 14.8. The second kappa shape index (κ2) is 8.14. The first kappa shape index (κ1) is 18.7. The molecule has 0 aliphatic carbocycles. The number of hydrogen-bond acceptors (Lipinski definition) is 5. The summed E-state index contributed by atoms with van der Waals surface area (Å²) in [5, 5.41) is 10.2. The number of aromatic nitrogens is 2. The van der Waals surface area contributed by atoms with Crippen molar-refractivity contribution < 1.29 is 13.6 Å². The standard InChI is InChI=1S/C21H19F2N3OS/c22-17-7-3-14(4-8-17)12-19-24-25-21(28-19)26-11-1-2-16(13-26)20(27)15-5-9-18(23)10-6-15/h3-10,16H,1-2,11-13H2. The van der Waals surface area contributed by atoms with Gasteiger partial charge in [-0.3, -0.25) is 4.79 Å². The molecule has 2 heterocycles. The van der Waals surface area contributed by atoms with Crippen molar-refractivity contribution in [2.75, 3.05) is 18.0 Å². The number of Topliss-reactive ketones (excluding diaryl/α,β-unsaturated/α-hetero) is 1. The fraction of sp³-hybridized carbons (Fsp3) is 0.286. The van der Waals surface area contributed by atoms with Gasteiger partial charge in [-0.2, -0.15) is 0 Å². The summed E-state index contributed by atoms with van der Waals surface area (Å²) in [6.45, 7) is 1.42. The number of rotatable bonds is 5. The van der Waals surface area contributed by atoms with Crippen LogP contribution in [0, 0.1) is 17.6 Å². The van der Waals surface area contributed by atoms with Crippen LogP contribution in [0.4, 0.5) is 13.9 Å². The van der Waals surface area contributed by atoms with Gasteiger partial charge in [0.1, 0.15) is 16.6 Å². The molecule has 0 radical (unpaired) electrons. The van der Waals surface area contributed by atoms with Crippen LogP contribution in [0.5, 0.6) is 0 Å². The summed E-state index contributed by atoms with van der Waals surface area (Å²) in [6.07, 6.45) is 2.31. The number of carbonyl (C=O) groups is 1. The summed E-state index contributed by atoms with van der Waals surface area (Å²) in [5.41, 5.74) is 1.52. The predicted octanol–water partition coefficient (Wildman–Crippen LogP) is 4.51. The van der Waals surface area contributed by atoms with E-state index in [-0.39, 0.29) is 23.3 Å². The van der Waals surface area contributed by atoms with Crippen LogP contribution in [0.1, 0.15) is 33.8 Å². The molecular formula is C21H19F2N3OS. The van der Waals surface area contributed by atoms with E-state index in [4.69, 9.17) is 0 Å². The first-order chi connectivity index (χ1) is 13.6. The number of ketones is 1. The third-order valence-corrected chi connectivity index (χ3v) is 5.90. The number of benzene rings is 2. The average molecular weight is 399 g/mol. The van der Waals surface area contributed by atoms with Crippen molar-refractivity contribution in [3.63, 3.8) is 0 Å². The van der Waals surface area contributed by atoms with Gasteiger partial charge in [0.2, 0.25) is 5.13 Å². The van der Waals surface area contributed by atoms with Crippen LogP contribution in [0.3, 0.4) is 0 Å². The van der Waals surface area contributed by atoms with Gasteiger partial charge in [0.15, 0.2) is 5.78 Å². The summed E-state index contributed by atoms with van der Waals surface area (Å²) in [5.74, 6) is -0.694. The molecule has 1 atom stereocenters. The van der Waals surface area contributed by atoms with E-state index in [0.717, 1.165) is 35.1 Å². The molecule has 0 N–H and O–H groups in total. The van der Waals surface area contributed by atoms with Crippen LogP contribution in [0.2, 0.25) is 0 Å². The highest BCUT2D eigenvalue weighted by molar-refractivity contribution is 7.15. The van der Waals surface area contributed by atoms with Crippen molar-refractivity contribution in [2.45, 2.75) is 19.3 Å². The summed E-state index contributed by atoms with van der Waals surface area (Å²) < 4.78 is 26.1. The highest BCUT2D eigenvalue weighted by Crippen LogP contribution is 2.28. The predicted molar refractivity (Wildman–Crippen MR) is 105 cm³/mol. The van der Waals surface area contributed by atoms with E-state index in [2.05, 4.69) is 15.1 Å². The van der Waals surface area contributed by atoms with Gasteiger partial charge < -0.3 is 4.90 Å². The van der Waals surface area contributed by atoms with Crippen LogP contribution in [0.15, 0.2) is 48.5 Å². The maximum Gasteiger partial charge on any atom is 0.208 e. The fourth-order valence-electron chi connectivity index (χ4n) is 3.44. The van der Waals surface area contributed by atoms with Gasteiger partial charge >= 0.3 is 0 Å². The highest BCUT2D eigenvalue weighted by Gasteiger charge is 2.28. The van der Waals surface area contributed by atoms with Crippen molar-refractivity contribution in [2.24, 2.45) is 5.92 Å². The van der Waals surface area contributed by atoms with Crippen LogP contribution < -0.4 is 4.90 Å². The van der Waals surface area contributed by atoms with Crippen molar-refractivity contribution >= 4 is 22.3 Å². The van der Waals surface area contributed by atoms with Crippen molar-refractivity contribution in [3.05, 3.63) is 76.3 Å². The molecular weight excluding hydrogens is 380 g/mol. The van der Waals surface area contributed by atoms with Gasteiger partial charge in [-0.25, -0.2) is 8.78 Å². The van der Waals surface area contributed by atoms with Crippen LogP contribution >= 0.6 is 11.3 Å². The van der Waals surface area contributed by atoms with Gasteiger partial charge in [0.25, 0.3) is 0 Å². The Balaban J connectivity index is 1.43. The molecule has 0 spiro atoms. The molecule has 4 rings (SSSR count). The molecule has 1 aliphatic heterocycles. The van der Waals surface area contributed by atoms with E-state index in [0.29, 0.717) is 18.5 Å². The number of anilines is 1. The molecule has 3 aromatic rings. The molecule has 1 aromatic heterocycles. The Bertz CT molecular complexity index is 957. The maximum atomic E-state index is 13.1. The van der Waals surface area contributed by atoms with E-state index >= 15 is 0 Å².